The van der Waals surface area contributed by atoms with E-state index in [0.29, 0.717) is 0 Å². The Morgan fingerprint density at radius 3 is 2.09 bits per heavy atom. The van der Waals surface area contributed by atoms with E-state index in [1.807, 2.05) is 13.8 Å². The van der Waals surface area contributed by atoms with Crippen LogP contribution in [-0.2, 0) is 4.74 Å². The van der Waals surface area contributed by atoms with Crippen LogP contribution in [0.4, 0.5) is 0 Å². The molecule has 0 aromatic rings. The molecule has 0 amide bonds. The van der Waals surface area contributed by atoms with Crippen LogP contribution < -0.4 is 5.73 Å². The lowest BCUT2D eigenvalue weighted by Gasteiger charge is -2.16. The van der Waals surface area contributed by atoms with Gasteiger partial charge in [-0.15, -0.1) is 0 Å². The highest BCUT2D eigenvalue weighted by Crippen LogP contribution is 2.02. The van der Waals surface area contributed by atoms with Crippen LogP contribution in [0.2, 0.25) is 0 Å². The minimum absolute atomic E-state index is 0.141. The second-order valence-corrected chi connectivity index (χ2v) is 3.62. The van der Waals surface area contributed by atoms with E-state index in [1.54, 1.807) is 0 Å². The molecule has 0 fully saturated rings. The van der Waals surface area contributed by atoms with Gasteiger partial charge < -0.3 is 10.5 Å². The molecule has 0 radical (unpaired) electrons. The molecular formula is C9H21NO. The van der Waals surface area contributed by atoms with Crippen molar-refractivity contribution in [1.29, 1.82) is 0 Å². The highest BCUT2D eigenvalue weighted by atomic mass is 16.5. The lowest BCUT2D eigenvalue weighted by atomic mass is 10.1. The van der Waals surface area contributed by atoms with Crippen LogP contribution in [0, 0.1) is 5.92 Å². The molecule has 2 nitrogen and oxygen atoms in total. The summed E-state index contributed by atoms with van der Waals surface area (Å²) in [6.07, 6.45) is 1.31. The van der Waals surface area contributed by atoms with Gasteiger partial charge >= 0.3 is 0 Å². The number of ether oxygens (including phenoxy) is 1. The highest BCUT2D eigenvalue weighted by Gasteiger charge is 2.06. The van der Waals surface area contributed by atoms with Crippen LogP contribution in [0.5, 0.6) is 0 Å². The Balaban J connectivity index is 3.24. The smallest absolute Gasteiger partial charge is 0.0695 e. The van der Waals surface area contributed by atoms with E-state index >= 15 is 0 Å². The van der Waals surface area contributed by atoms with E-state index in [2.05, 4.69) is 13.8 Å². The maximum absolute atomic E-state index is 5.63. The molecule has 0 heterocycles. The van der Waals surface area contributed by atoms with Crippen molar-refractivity contribution >= 4 is 0 Å². The molecule has 0 aromatic heterocycles. The third-order valence-electron chi connectivity index (χ3n) is 1.82. The first kappa shape index (κ1) is 10.9. The van der Waals surface area contributed by atoms with Crippen LogP contribution >= 0.6 is 0 Å². The molecule has 68 valence electrons. The number of rotatable bonds is 5. The molecule has 0 aromatic carbocycles. The van der Waals surface area contributed by atoms with Crippen LogP contribution in [0.25, 0.3) is 0 Å². The summed E-state index contributed by atoms with van der Waals surface area (Å²) in [6, 6.07) is 0.141. The molecule has 2 heteroatoms. The summed E-state index contributed by atoms with van der Waals surface area (Å²) in [5.41, 5.74) is 5.63. The molecule has 0 saturated heterocycles. The van der Waals surface area contributed by atoms with E-state index in [-0.39, 0.29) is 12.1 Å². The summed E-state index contributed by atoms with van der Waals surface area (Å²) in [5, 5.41) is 0. The molecule has 0 aliphatic heterocycles. The lowest BCUT2D eigenvalue weighted by molar-refractivity contribution is 0.0457. The molecule has 0 aliphatic carbocycles. The predicted octanol–water partition coefficient (Wildman–Crippen LogP) is 1.78. The minimum Gasteiger partial charge on any atom is -0.377 e. The number of nitrogens with two attached hydrogens (primary N) is 1. The zero-order valence-corrected chi connectivity index (χ0v) is 8.13. The van der Waals surface area contributed by atoms with Crippen molar-refractivity contribution in [2.45, 2.75) is 46.3 Å². The van der Waals surface area contributed by atoms with E-state index in [1.165, 1.54) is 0 Å². The van der Waals surface area contributed by atoms with Gasteiger partial charge in [0.15, 0.2) is 0 Å². The fraction of sp³-hybridized carbons (Fsp3) is 1.00. The van der Waals surface area contributed by atoms with Crippen LogP contribution in [-0.4, -0.2) is 18.8 Å². The summed E-state index contributed by atoms with van der Waals surface area (Å²) in [6.45, 7) is 9.21. The summed E-state index contributed by atoms with van der Waals surface area (Å²) in [7, 11) is 0. The Morgan fingerprint density at radius 1 is 1.18 bits per heavy atom. The van der Waals surface area contributed by atoms with Crippen molar-refractivity contribution in [2.24, 2.45) is 11.7 Å². The monoisotopic (exact) mass is 159 g/mol. The topological polar surface area (TPSA) is 35.2 Å². The molecule has 11 heavy (non-hydrogen) atoms. The molecule has 0 spiro atoms. The molecule has 2 unspecified atom stereocenters. The van der Waals surface area contributed by atoms with Gasteiger partial charge in [0.1, 0.15) is 0 Å². The van der Waals surface area contributed by atoms with Gasteiger partial charge in [0.2, 0.25) is 0 Å². The second-order valence-electron chi connectivity index (χ2n) is 3.62. The number of hydrogen-bond donors (Lipinski definition) is 1. The molecule has 0 bridgehead atoms. The largest absolute Gasteiger partial charge is 0.377 e. The fourth-order valence-electron chi connectivity index (χ4n) is 0.641. The van der Waals surface area contributed by atoms with Crippen molar-refractivity contribution in [3.05, 3.63) is 0 Å². The zero-order chi connectivity index (χ0) is 8.85. The molecule has 2 atom stereocenters. The third-order valence-corrected chi connectivity index (χ3v) is 1.82. The Labute approximate surface area is 70.1 Å². The van der Waals surface area contributed by atoms with Gasteiger partial charge in [0, 0.05) is 12.6 Å². The Hall–Kier alpha value is -0.0800. The van der Waals surface area contributed by atoms with Crippen molar-refractivity contribution in [3.63, 3.8) is 0 Å². The summed E-state index contributed by atoms with van der Waals surface area (Å²) in [5.74, 6) is 0.718. The maximum atomic E-state index is 5.63. The van der Waals surface area contributed by atoms with Gasteiger partial charge in [-0.3, -0.25) is 0 Å². The van der Waals surface area contributed by atoms with E-state index < -0.39 is 0 Å². The van der Waals surface area contributed by atoms with Crippen LogP contribution in [0.15, 0.2) is 0 Å². The van der Waals surface area contributed by atoms with E-state index in [9.17, 15) is 0 Å². The SMILES string of the molecule is CC(C)CCOC(C)C(C)N. The molecular weight excluding hydrogens is 138 g/mol. The van der Waals surface area contributed by atoms with Crippen molar-refractivity contribution in [1.82, 2.24) is 0 Å². The van der Waals surface area contributed by atoms with E-state index in [4.69, 9.17) is 10.5 Å². The molecule has 0 aliphatic rings. The average molecular weight is 159 g/mol. The summed E-state index contributed by atoms with van der Waals surface area (Å²) < 4.78 is 5.49. The first-order valence-electron chi connectivity index (χ1n) is 4.41. The maximum Gasteiger partial charge on any atom is 0.0695 e. The third kappa shape index (κ3) is 6.32. The first-order valence-corrected chi connectivity index (χ1v) is 4.41. The number of hydrogen-bond acceptors (Lipinski definition) is 2. The minimum atomic E-state index is 0.141. The normalized spacial score (nSPS) is 16.9. The van der Waals surface area contributed by atoms with Crippen molar-refractivity contribution < 1.29 is 4.74 Å². The van der Waals surface area contributed by atoms with Gasteiger partial charge in [-0.25, -0.2) is 0 Å². The van der Waals surface area contributed by atoms with Gasteiger partial charge in [-0.05, 0) is 26.2 Å². The Kier molecular flexibility index (Phi) is 5.51. The van der Waals surface area contributed by atoms with Crippen LogP contribution in [0.3, 0.4) is 0 Å². The molecule has 0 saturated carbocycles. The van der Waals surface area contributed by atoms with Crippen molar-refractivity contribution in [2.75, 3.05) is 6.61 Å². The zero-order valence-electron chi connectivity index (χ0n) is 8.13. The lowest BCUT2D eigenvalue weighted by Crippen LogP contribution is -2.31. The summed E-state index contributed by atoms with van der Waals surface area (Å²) in [4.78, 5) is 0. The predicted molar refractivity (Wildman–Crippen MR) is 48.5 cm³/mol. The summed E-state index contributed by atoms with van der Waals surface area (Å²) >= 11 is 0. The average Bonchev–Trinajstić information content (AvgIpc) is 1.86. The van der Waals surface area contributed by atoms with Gasteiger partial charge in [-0.2, -0.15) is 0 Å². The van der Waals surface area contributed by atoms with E-state index in [0.717, 1.165) is 18.9 Å². The van der Waals surface area contributed by atoms with Crippen molar-refractivity contribution in [3.8, 4) is 0 Å². The van der Waals surface area contributed by atoms with Crippen LogP contribution in [0.1, 0.15) is 34.1 Å². The highest BCUT2D eigenvalue weighted by molar-refractivity contribution is 4.62. The molecule has 2 N–H and O–H groups in total. The fourth-order valence-corrected chi connectivity index (χ4v) is 0.641. The quantitative estimate of drug-likeness (QED) is 0.663. The molecule has 0 rings (SSSR count). The first-order chi connectivity index (χ1) is 5.04. The second kappa shape index (κ2) is 5.56. The Morgan fingerprint density at radius 2 is 1.73 bits per heavy atom. The van der Waals surface area contributed by atoms with Gasteiger partial charge in [0.25, 0.3) is 0 Å². The van der Waals surface area contributed by atoms with Gasteiger partial charge in [0.05, 0.1) is 6.10 Å². The Bertz CT molecular complexity index is 91.6. The van der Waals surface area contributed by atoms with Gasteiger partial charge in [-0.1, -0.05) is 13.8 Å². The standard InChI is InChI=1S/C9H21NO/c1-7(2)5-6-11-9(4)8(3)10/h7-9H,5-6,10H2,1-4H3.